The van der Waals surface area contributed by atoms with Crippen molar-refractivity contribution in [3.8, 4) is 0 Å². The summed E-state index contributed by atoms with van der Waals surface area (Å²) in [5.41, 5.74) is -0.841. The predicted octanol–water partition coefficient (Wildman–Crippen LogP) is 1.74. The van der Waals surface area contributed by atoms with E-state index in [9.17, 15) is 14.0 Å². The zero-order valence-corrected chi connectivity index (χ0v) is 13.6. The lowest BCUT2D eigenvalue weighted by Gasteiger charge is -2.29. The van der Waals surface area contributed by atoms with Crippen molar-refractivity contribution < 1.29 is 23.2 Å². The Kier molecular flexibility index (Phi) is 5.30. The van der Waals surface area contributed by atoms with E-state index < -0.39 is 23.2 Å². The van der Waals surface area contributed by atoms with E-state index >= 15 is 0 Å². The van der Waals surface area contributed by atoms with Gasteiger partial charge in [-0.1, -0.05) is 23.4 Å². The minimum atomic E-state index is -1.12. The first-order valence-corrected chi connectivity index (χ1v) is 7.18. The van der Waals surface area contributed by atoms with Gasteiger partial charge in [0.15, 0.2) is 5.82 Å². The maximum atomic E-state index is 14.0. The van der Waals surface area contributed by atoms with Crippen LogP contribution in [-0.2, 0) is 19.9 Å². The van der Waals surface area contributed by atoms with Gasteiger partial charge in [0.25, 0.3) is 0 Å². The number of hydrogen-bond donors (Lipinski definition) is 2. The summed E-state index contributed by atoms with van der Waals surface area (Å²) in [6.07, 6.45) is 0. The van der Waals surface area contributed by atoms with Crippen molar-refractivity contribution in [1.29, 1.82) is 0 Å². The number of rotatable bonds is 5. The highest BCUT2D eigenvalue weighted by atomic mass is 19.1. The Bertz CT molecular complexity index is 746. The second-order valence-corrected chi connectivity index (χ2v) is 5.37. The lowest BCUT2D eigenvalue weighted by atomic mass is 9.95. The molecule has 1 aromatic carbocycles. The van der Waals surface area contributed by atoms with Crippen molar-refractivity contribution in [2.24, 2.45) is 0 Å². The number of anilines is 1. The molecule has 1 atom stereocenters. The molecular formula is C16H18FN3O4. The Labute approximate surface area is 138 Å². The molecule has 128 valence electrons. The number of halogens is 1. The molecule has 2 aromatic rings. The number of nitrogens with zero attached hydrogens (tertiary/aromatic N) is 1. The first-order valence-electron chi connectivity index (χ1n) is 7.18. The molecule has 0 radical (unpaired) electrons. The second-order valence-electron chi connectivity index (χ2n) is 5.37. The van der Waals surface area contributed by atoms with Crippen molar-refractivity contribution in [3.05, 3.63) is 47.5 Å². The molecule has 0 bridgehead atoms. The van der Waals surface area contributed by atoms with Gasteiger partial charge < -0.3 is 14.6 Å². The van der Waals surface area contributed by atoms with Gasteiger partial charge in [-0.3, -0.25) is 14.9 Å². The molecular weight excluding hydrogens is 317 g/mol. The number of carbonyl (C=O) groups is 2. The Balaban J connectivity index is 2.00. The number of hydrogen-bond acceptors (Lipinski definition) is 5. The molecule has 7 nitrogen and oxygen atoms in total. The SMILES string of the molecule is CO[C@](C)(CNC(=O)C(=O)Nc1cc(C)on1)c1ccccc1F. The van der Waals surface area contributed by atoms with Crippen molar-refractivity contribution in [2.45, 2.75) is 19.4 Å². The summed E-state index contributed by atoms with van der Waals surface area (Å²) >= 11 is 0. The minimum Gasteiger partial charge on any atom is -0.372 e. The quantitative estimate of drug-likeness (QED) is 0.812. The molecule has 0 aliphatic carbocycles. The van der Waals surface area contributed by atoms with E-state index in [1.807, 2.05) is 0 Å². The van der Waals surface area contributed by atoms with Gasteiger partial charge in [-0.05, 0) is 19.9 Å². The molecule has 2 N–H and O–H groups in total. The third-order valence-electron chi connectivity index (χ3n) is 3.56. The van der Waals surface area contributed by atoms with Crippen molar-refractivity contribution in [1.82, 2.24) is 10.5 Å². The van der Waals surface area contributed by atoms with E-state index in [4.69, 9.17) is 9.26 Å². The molecule has 2 rings (SSSR count). The standard InChI is InChI=1S/C16H18FN3O4/c1-10-8-13(20-24-10)19-15(22)14(21)18-9-16(2,23-3)11-6-4-5-7-12(11)17/h4-8H,9H2,1-3H3,(H,18,21)(H,19,20,22)/t16-/m1/s1. The first-order chi connectivity index (χ1) is 11.4. The van der Waals surface area contributed by atoms with Gasteiger partial charge in [0, 0.05) is 18.7 Å². The van der Waals surface area contributed by atoms with E-state index in [1.54, 1.807) is 32.0 Å². The smallest absolute Gasteiger partial charge is 0.314 e. The van der Waals surface area contributed by atoms with Crippen molar-refractivity contribution in [3.63, 3.8) is 0 Å². The minimum absolute atomic E-state index is 0.0888. The number of nitrogens with one attached hydrogen (secondary N) is 2. The van der Waals surface area contributed by atoms with E-state index in [0.29, 0.717) is 5.76 Å². The van der Waals surface area contributed by atoms with E-state index in [2.05, 4.69) is 15.8 Å². The lowest BCUT2D eigenvalue weighted by Crippen LogP contribution is -2.44. The van der Waals surface area contributed by atoms with Gasteiger partial charge in [-0.25, -0.2) is 4.39 Å². The van der Waals surface area contributed by atoms with Crippen LogP contribution in [0.1, 0.15) is 18.2 Å². The molecule has 0 fully saturated rings. The third-order valence-corrected chi connectivity index (χ3v) is 3.56. The Morgan fingerprint density at radius 3 is 2.62 bits per heavy atom. The number of benzene rings is 1. The van der Waals surface area contributed by atoms with Crippen LogP contribution in [-0.4, -0.2) is 30.6 Å². The highest BCUT2D eigenvalue weighted by Crippen LogP contribution is 2.26. The van der Waals surface area contributed by atoms with Crippen LogP contribution in [0.5, 0.6) is 0 Å². The molecule has 24 heavy (non-hydrogen) atoms. The fraction of sp³-hybridized carbons (Fsp3) is 0.312. The van der Waals surface area contributed by atoms with Crippen LogP contribution in [0, 0.1) is 12.7 Å². The van der Waals surface area contributed by atoms with Gasteiger partial charge in [0.05, 0.1) is 6.54 Å². The highest BCUT2D eigenvalue weighted by molar-refractivity contribution is 6.39. The summed E-state index contributed by atoms with van der Waals surface area (Å²) in [6, 6.07) is 7.55. The number of aryl methyl sites for hydroxylation is 1. The fourth-order valence-electron chi connectivity index (χ4n) is 2.10. The van der Waals surface area contributed by atoms with Gasteiger partial charge in [-0.15, -0.1) is 0 Å². The molecule has 2 amide bonds. The molecule has 0 saturated carbocycles. The lowest BCUT2D eigenvalue weighted by molar-refractivity contribution is -0.137. The Morgan fingerprint density at radius 1 is 1.33 bits per heavy atom. The summed E-state index contributed by atoms with van der Waals surface area (Å²) in [6.45, 7) is 3.18. The summed E-state index contributed by atoms with van der Waals surface area (Å²) in [5.74, 6) is -1.63. The number of carbonyl (C=O) groups excluding carboxylic acids is 2. The van der Waals surface area contributed by atoms with Crippen molar-refractivity contribution in [2.75, 3.05) is 19.0 Å². The van der Waals surface area contributed by atoms with Crippen LogP contribution < -0.4 is 10.6 Å². The molecule has 0 saturated heterocycles. The summed E-state index contributed by atoms with van der Waals surface area (Å²) in [5, 5.41) is 8.28. The maximum absolute atomic E-state index is 14.0. The molecule has 8 heteroatoms. The zero-order chi connectivity index (χ0) is 17.7. The molecule has 0 unspecified atom stereocenters. The largest absolute Gasteiger partial charge is 0.372 e. The van der Waals surface area contributed by atoms with E-state index in [-0.39, 0.29) is 17.9 Å². The number of ether oxygens (including phenoxy) is 1. The summed E-state index contributed by atoms with van der Waals surface area (Å²) in [4.78, 5) is 23.7. The first kappa shape index (κ1) is 17.6. The van der Waals surface area contributed by atoms with E-state index in [1.165, 1.54) is 19.2 Å². The van der Waals surface area contributed by atoms with Crippen molar-refractivity contribution >= 4 is 17.6 Å². The normalized spacial score (nSPS) is 13.2. The summed E-state index contributed by atoms with van der Waals surface area (Å²) in [7, 11) is 1.40. The molecule has 0 aliphatic heterocycles. The van der Waals surface area contributed by atoms with E-state index in [0.717, 1.165) is 0 Å². The topological polar surface area (TPSA) is 93.5 Å². The van der Waals surface area contributed by atoms with Crippen LogP contribution in [0.25, 0.3) is 0 Å². The molecule has 1 aromatic heterocycles. The van der Waals surface area contributed by atoms with Crippen LogP contribution in [0.4, 0.5) is 10.2 Å². The van der Waals surface area contributed by atoms with Gasteiger partial charge in [0.2, 0.25) is 0 Å². The van der Waals surface area contributed by atoms with Gasteiger partial charge in [0.1, 0.15) is 17.2 Å². The number of aromatic nitrogens is 1. The van der Waals surface area contributed by atoms with Crippen LogP contribution in [0.15, 0.2) is 34.9 Å². The predicted molar refractivity (Wildman–Crippen MR) is 83.6 cm³/mol. The average molecular weight is 335 g/mol. The number of amides is 2. The molecule has 1 heterocycles. The van der Waals surface area contributed by atoms with Gasteiger partial charge >= 0.3 is 11.8 Å². The fourth-order valence-corrected chi connectivity index (χ4v) is 2.10. The van der Waals surface area contributed by atoms with Crippen LogP contribution in [0.3, 0.4) is 0 Å². The third kappa shape index (κ3) is 3.96. The maximum Gasteiger partial charge on any atom is 0.314 e. The summed E-state index contributed by atoms with van der Waals surface area (Å²) < 4.78 is 24.1. The van der Waals surface area contributed by atoms with Gasteiger partial charge in [-0.2, -0.15) is 0 Å². The molecule has 0 aliphatic rings. The highest BCUT2D eigenvalue weighted by Gasteiger charge is 2.30. The Hall–Kier alpha value is -2.74. The zero-order valence-electron chi connectivity index (χ0n) is 13.6. The van der Waals surface area contributed by atoms with Crippen LogP contribution >= 0.6 is 0 Å². The monoisotopic (exact) mass is 335 g/mol. The Morgan fingerprint density at radius 2 is 2.04 bits per heavy atom. The average Bonchev–Trinajstić information content (AvgIpc) is 2.97. The molecule has 0 spiro atoms. The second kappa shape index (κ2) is 7.22. The van der Waals surface area contributed by atoms with Crippen LogP contribution in [0.2, 0.25) is 0 Å². The number of methoxy groups -OCH3 is 1.